The van der Waals surface area contributed by atoms with Crippen molar-refractivity contribution in [3.8, 4) is 5.69 Å². The summed E-state index contributed by atoms with van der Waals surface area (Å²) in [6.07, 6.45) is 5.62. The number of amides is 1. The number of nitrogens with one attached hydrogen (secondary N) is 1. The molecule has 0 aliphatic heterocycles. The van der Waals surface area contributed by atoms with Gasteiger partial charge in [-0.25, -0.2) is 9.67 Å². The van der Waals surface area contributed by atoms with Gasteiger partial charge < -0.3 is 5.32 Å². The van der Waals surface area contributed by atoms with Gasteiger partial charge in [0.05, 0.1) is 5.69 Å². The highest BCUT2D eigenvalue weighted by atomic mass is 16.1. The molecule has 1 N–H and O–H groups in total. The molecule has 0 atom stereocenters. The van der Waals surface area contributed by atoms with Gasteiger partial charge in [-0.1, -0.05) is 0 Å². The van der Waals surface area contributed by atoms with E-state index in [1.54, 1.807) is 11.0 Å². The summed E-state index contributed by atoms with van der Waals surface area (Å²) in [4.78, 5) is 15.9. The van der Waals surface area contributed by atoms with Gasteiger partial charge in [-0.05, 0) is 49.4 Å². The number of benzene rings is 1. The molecule has 1 aliphatic carbocycles. The zero-order valence-corrected chi connectivity index (χ0v) is 10.8. The topological polar surface area (TPSA) is 59.8 Å². The fourth-order valence-corrected chi connectivity index (χ4v) is 2.05. The summed E-state index contributed by atoms with van der Waals surface area (Å²) in [5, 5.41) is 7.06. The Morgan fingerprint density at radius 1 is 1.47 bits per heavy atom. The first kappa shape index (κ1) is 11.9. The van der Waals surface area contributed by atoms with Crippen molar-refractivity contribution >= 4 is 5.91 Å². The Labute approximate surface area is 111 Å². The highest BCUT2D eigenvalue weighted by Crippen LogP contribution is 2.27. The average Bonchev–Trinajstić information content (AvgIpc) is 3.09. The van der Waals surface area contributed by atoms with Crippen molar-refractivity contribution < 1.29 is 4.79 Å². The minimum Gasteiger partial charge on any atom is -0.352 e. The largest absolute Gasteiger partial charge is 0.352 e. The van der Waals surface area contributed by atoms with E-state index in [1.807, 2.05) is 25.1 Å². The smallest absolute Gasteiger partial charge is 0.251 e. The molecule has 98 valence electrons. The van der Waals surface area contributed by atoms with Crippen LogP contribution in [0.1, 0.15) is 28.8 Å². The molecule has 19 heavy (non-hydrogen) atoms. The predicted molar refractivity (Wildman–Crippen MR) is 71.2 cm³/mol. The highest BCUT2D eigenvalue weighted by Gasteiger charge is 2.21. The van der Waals surface area contributed by atoms with Crippen molar-refractivity contribution in [2.75, 3.05) is 6.54 Å². The Kier molecular flexibility index (Phi) is 3.03. The van der Waals surface area contributed by atoms with Crippen molar-refractivity contribution in [3.05, 3.63) is 42.0 Å². The minimum absolute atomic E-state index is 0.000130. The molecule has 1 amide bonds. The number of aromatic nitrogens is 3. The van der Waals surface area contributed by atoms with Crippen molar-refractivity contribution in [1.29, 1.82) is 0 Å². The lowest BCUT2D eigenvalue weighted by Crippen LogP contribution is -2.25. The monoisotopic (exact) mass is 256 g/mol. The quantitative estimate of drug-likeness (QED) is 0.906. The van der Waals surface area contributed by atoms with Gasteiger partial charge in [0, 0.05) is 12.1 Å². The molecule has 0 spiro atoms. The number of carbonyl (C=O) groups is 1. The summed E-state index contributed by atoms with van der Waals surface area (Å²) in [6, 6.07) is 5.61. The lowest BCUT2D eigenvalue weighted by atomic mass is 10.1. The third kappa shape index (κ3) is 2.65. The second-order valence-corrected chi connectivity index (χ2v) is 4.99. The first-order chi connectivity index (χ1) is 9.24. The molecule has 2 aromatic rings. The van der Waals surface area contributed by atoms with Gasteiger partial charge in [-0.15, -0.1) is 0 Å². The van der Waals surface area contributed by atoms with E-state index < -0.39 is 0 Å². The third-order valence-electron chi connectivity index (χ3n) is 3.37. The molecule has 5 nitrogen and oxygen atoms in total. The molecule has 0 radical (unpaired) electrons. The SMILES string of the molecule is Cc1cc(C(=O)NCC2CC2)ccc1-n1cncn1. The summed E-state index contributed by atoms with van der Waals surface area (Å²) >= 11 is 0. The van der Waals surface area contributed by atoms with Gasteiger partial charge in [-0.2, -0.15) is 5.10 Å². The second-order valence-electron chi connectivity index (χ2n) is 4.99. The summed E-state index contributed by atoms with van der Waals surface area (Å²) < 4.78 is 1.70. The van der Waals surface area contributed by atoms with Gasteiger partial charge in [0.25, 0.3) is 5.91 Å². The molecular formula is C14H16N4O. The fraction of sp³-hybridized carbons (Fsp3) is 0.357. The number of carbonyl (C=O) groups excluding carboxylic acids is 1. The summed E-state index contributed by atoms with van der Waals surface area (Å²) in [7, 11) is 0. The van der Waals surface area contributed by atoms with Crippen molar-refractivity contribution in [3.63, 3.8) is 0 Å². The van der Waals surface area contributed by atoms with Crippen LogP contribution in [0.4, 0.5) is 0 Å². The van der Waals surface area contributed by atoms with E-state index in [2.05, 4.69) is 15.4 Å². The van der Waals surface area contributed by atoms with E-state index in [0.717, 1.165) is 17.8 Å². The number of rotatable bonds is 4. The van der Waals surface area contributed by atoms with Crippen molar-refractivity contribution in [2.24, 2.45) is 5.92 Å². The molecule has 3 rings (SSSR count). The molecule has 5 heteroatoms. The third-order valence-corrected chi connectivity index (χ3v) is 3.37. The normalized spacial score (nSPS) is 14.4. The Morgan fingerprint density at radius 3 is 2.95 bits per heavy atom. The van der Waals surface area contributed by atoms with Crippen LogP contribution in [0.2, 0.25) is 0 Å². The lowest BCUT2D eigenvalue weighted by molar-refractivity contribution is 0.0951. The van der Waals surface area contributed by atoms with Crippen LogP contribution in [0.25, 0.3) is 5.69 Å². The molecule has 0 bridgehead atoms. The van der Waals surface area contributed by atoms with Crippen molar-refractivity contribution in [2.45, 2.75) is 19.8 Å². The lowest BCUT2D eigenvalue weighted by Gasteiger charge is -2.08. The summed E-state index contributed by atoms with van der Waals surface area (Å²) in [5.74, 6) is 0.694. The molecular weight excluding hydrogens is 240 g/mol. The summed E-state index contributed by atoms with van der Waals surface area (Å²) in [6.45, 7) is 2.76. The van der Waals surface area contributed by atoms with E-state index in [4.69, 9.17) is 0 Å². The van der Waals surface area contributed by atoms with Crippen LogP contribution in [-0.4, -0.2) is 27.2 Å². The summed E-state index contributed by atoms with van der Waals surface area (Å²) in [5.41, 5.74) is 2.64. The Bertz CT molecular complexity index is 587. The van der Waals surface area contributed by atoms with E-state index in [9.17, 15) is 4.79 Å². The predicted octanol–water partition coefficient (Wildman–Crippen LogP) is 1.72. The maximum absolute atomic E-state index is 12.0. The molecule has 0 saturated heterocycles. The second kappa shape index (κ2) is 4.84. The Morgan fingerprint density at radius 2 is 2.32 bits per heavy atom. The average molecular weight is 256 g/mol. The molecule has 1 aliphatic rings. The molecule has 1 fully saturated rings. The van der Waals surface area contributed by atoms with Crippen LogP contribution in [0.15, 0.2) is 30.9 Å². The zero-order chi connectivity index (χ0) is 13.2. The van der Waals surface area contributed by atoms with E-state index in [1.165, 1.54) is 19.2 Å². The van der Waals surface area contributed by atoms with Crippen LogP contribution in [0.5, 0.6) is 0 Å². The van der Waals surface area contributed by atoms with Crippen LogP contribution in [0.3, 0.4) is 0 Å². The van der Waals surface area contributed by atoms with E-state index in [-0.39, 0.29) is 5.91 Å². The van der Waals surface area contributed by atoms with Crippen LogP contribution >= 0.6 is 0 Å². The maximum Gasteiger partial charge on any atom is 0.251 e. The van der Waals surface area contributed by atoms with Crippen LogP contribution < -0.4 is 5.32 Å². The van der Waals surface area contributed by atoms with Crippen LogP contribution in [-0.2, 0) is 0 Å². The van der Waals surface area contributed by atoms with Gasteiger partial charge >= 0.3 is 0 Å². The minimum atomic E-state index is 0.000130. The number of hydrogen-bond acceptors (Lipinski definition) is 3. The standard InChI is InChI=1S/C14H16N4O/c1-10-6-12(14(19)16-7-11-2-3-11)4-5-13(10)18-9-15-8-17-18/h4-6,8-9,11H,2-3,7H2,1H3,(H,16,19). The first-order valence-corrected chi connectivity index (χ1v) is 6.48. The van der Waals surface area contributed by atoms with E-state index >= 15 is 0 Å². The number of aryl methyl sites for hydroxylation is 1. The maximum atomic E-state index is 12.0. The fourth-order valence-electron chi connectivity index (χ4n) is 2.05. The Hall–Kier alpha value is -2.17. The Balaban J connectivity index is 1.76. The first-order valence-electron chi connectivity index (χ1n) is 6.48. The van der Waals surface area contributed by atoms with Crippen molar-refractivity contribution in [1.82, 2.24) is 20.1 Å². The van der Waals surface area contributed by atoms with Gasteiger partial charge in [0.2, 0.25) is 0 Å². The van der Waals surface area contributed by atoms with Gasteiger partial charge in [-0.3, -0.25) is 4.79 Å². The van der Waals surface area contributed by atoms with Gasteiger partial charge in [0.15, 0.2) is 0 Å². The van der Waals surface area contributed by atoms with Crippen LogP contribution in [0, 0.1) is 12.8 Å². The van der Waals surface area contributed by atoms with E-state index in [0.29, 0.717) is 11.5 Å². The molecule has 1 aromatic heterocycles. The highest BCUT2D eigenvalue weighted by molar-refractivity contribution is 5.94. The number of nitrogens with zero attached hydrogens (tertiary/aromatic N) is 3. The number of hydrogen-bond donors (Lipinski definition) is 1. The van der Waals surface area contributed by atoms with Gasteiger partial charge in [0.1, 0.15) is 12.7 Å². The zero-order valence-electron chi connectivity index (χ0n) is 10.8. The molecule has 0 unspecified atom stereocenters. The molecule has 1 aromatic carbocycles. The molecule has 1 saturated carbocycles. The molecule has 1 heterocycles.